The molecule has 4 aromatic rings. The first-order chi connectivity index (χ1) is 16.5. The Labute approximate surface area is 209 Å². The molecule has 4 aromatic carbocycles. The second-order valence-electron chi connectivity index (χ2n) is 7.19. The number of halogens is 2. The number of amides is 1. The van der Waals surface area contributed by atoms with E-state index in [0.717, 1.165) is 4.47 Å². The fraction of sp³-hybridized carbons (Fsp3) is 0. The minimum atomic E-state index is -0.202. The van der Waals surface area contributed by atoms with Crippen molar-refractivity contribution in [1.82, 2.24) is 0 Å². The molecule has 0 atom stereocenters. The zero-order chi connectivity index (χ0) is 23.9. The van der Waals surface area contributed by atoms with Gasteiger partial charge in [0.2, 0.25) is 0 Å². The van der Waals surface area contributed by atoms with Gasteiger partial charge in [-0.15, -0.1) is 0 Å². The van der Waals surface area contributed by atoms with Crippen molar-refractivity contribution in [3.8, 4) is 5.75 Å². The molecule has 0 radical (unpaired) electrons. The maximum atomic E-state index is 12.4. The van der Waals surface area contributed by atoms with Crippen molar-refractivity contribution in [2.24, 2.45) is 15.2 Å². The van der Waals surface area contributed by atoms with Gasteiger partial charge in [-0.3, -0.25) is 9.79 Å². The molecule has 0 fully saturated rings. The van der Waals surface area contributed by atoms with Crippen LogP contribution in [0.25, 0.3) is 0 Å². The normalized spacial score (nSPS) is 11.2. The number of nitrogens with zero attached hydrogens (tertiary/aromatic N) is 3. The van der Waals surface area contributed by atoms with Crippen molar-refractivity contribution in [2.45, 2.75) is 0 Å². The molecule has 168 valence electrons. The van der Waals surface area contributed by atoms with Gasteiger partial charge in [-0.05, 0) is 84.9 Å². The summed E-state index contributed by atoms with van der Waals surface area (Å²) in [4.78, 5) is 16.8. The van der Waals surface area contributed by atoms with Crippen LogP contribution in [0.1, 0.15) is 15.9 Å². The topological polar surface area (TPSA) is 86.4 Å². The van der Waals surface area contributed by atoms with Crippen LogP contribution >= 0.6 is 27.5 Å². The number of hydrogen-bond acceptors (Lipinski definition) is 5. The maximum absolute atomic E-state index is 12.4. The molecule has 0 heterocycles. The maximum Gasteiger partial charge on any atom is 0.255 e. The van der Waals surface area contributed by atoms with Gasteiger partial charge in [0.15, 0.2) is 0 Å². The van der Waals surface area contributed by atoms with Crippen LogP contribution in [0.4, 0.5) is 22.7 Å². The average molecular weight is 534 g/mol. The summed E-state index contributed by atoms with van der Waals surface area (Å²) in [5.41, 5.74) is 3.60. The molecule has 0 unspecified atom stereocenters. The van der Waals surface area contributed by atoms with Crippen LogP contribution in [0.5, 0.6) is 5.75 Å². The smallest absolute Gasteiger partial charge is 0.255 e. The Balaban J connectivity index is 1.43. The molecule has 1 amide bonds. The van der Waals surface area contributed by atoms with Crippen LogP contribution < -0.4 is 5.32 Å². The van der Waals surface area contributed by atoms with Crippen molar-refractivity contribution in [2.75, 3.05) is 5.32 Å². The highest BCUT2D eigenvalue weighted by atomic mass is 79.9. The monoisotopic (exact) mass is 532 g/mol. The van der Waals surface area contributed by atoms with Crippen LogP contribution in [-0.4, -0.2) is 17.2 Å². The summed E-state index contributed by atoms with van der Waals surface area (Å²) < 4.78 is 0.837. The first-order valence-corrected chi connectivity index (χ1v) is 11.3. The summed E-state index contributed by atoms with van der Waals surface area (Å²) in [5.74, 6) is -0.126. The number of anilines is 1. The number of nitrogens with one attached hydrogen (secondary N) is 1. The van der Waals surface area contributed by atoms with Crippen molar-refractivity contribution in [3.63, 3.8) is 0 Å². The molecule has 0 aliphatic rings. The lowest BCUT2D eigenvalue weighted by molar-refractivity contribution is 0.102. The van der Waals surface area contributed by atoms with Gasteiger partial charge in [-0.2, -0.15) is 10.2 Å². The predicted molar refractivity (Wildman–Crippen MR) is 140 cm³/mol. The number of aliphatic imine (C=N–C) groups is 1. The highest BCUT2D eigenvalue weighted by molar-refractivity contribution is 9.10. The lowest BCUT2D eigenvalue weighted by Crippen LogP contribution is -2.11. The number of carbonyl (C=O) groups excluding carboxylic acids is 1. The molecule has 4 rings (SSSR count). The Hall–Kier alpha value is -3.81. The van der Waals surface area contributed by atoms with Crippen LogP contribution in [0.15, 0.2) is 111 Å². The van der Waals surface area contributed by atoms with Gasteiger partial charge in [0.05, 0.1) is 17.1 Å². The number of hydrogen-bond donors (Lipinski definition) is 2. The molecule has 8 heteroatoms. The molecule has 0 bridgehead atoms. The second-order valence-corrected chi connectivity index (χ2v) is 8.54. The lowest BCUT2D eigenvalue weighted by atomic mass is 10.2. The fourth-order valence-corrected chi connectivity index (χ4v) is 3.46. The zero-order valence-corrected chi connectivity index (χ0v) is 20.0. The number of phenolic OH excluding ortho intramolecular Hbond substituents is 1. The number of carbonyl (C=O) groups is 1. The van der Waals surface area contributed by atoms with Gasteiger partial charge in [0, 0.05) is 32.5 Å². The summed E-state index contributed by atoms with van der Waals surface area (Å²) in [6.07, 6.45) is 1.55. The molecule has 0 spiro atoms. The van der Waals surface area contributed by atoms with E-state index in [9.17, 15) is 9.90 Å². The average Bonchev–Trinajstić information content (AvgIpc) is 2.84. The molecule has 0 saturated carbocycles. The predicted octanol–water partition coefficient (Wildman–Crippen LogP) is 8.23. The summed E-state index contributed by atoms with van der Waals surface area (Å²) in [6, 6.07) is 26.1. The largest absolute Gasteiger partial charge is 0.507 e. The Morgan fingerprint density at radius 3 is 2.26 bits per heavy atom. The standard InChI is InChI=1S/C26H18BrClN4O2/c27-19-3-1-2-17(14-19)26(34)30-22-10-8-21(9-11-22)29-16-18-15-24(12-13-25(18)33)32-31-23-6-4-20(28)5-7-23/h1-16,33H,(H,30,34). The Bertz CT molecular complexity index is 1370. The zero-order valence-electron chi connectivity index (χ0n) is 17.7. The van der Waals surface area contributed by atoms with Gasteiger partial charge in [0.1, 0.15) is 5.75 Å². The molecule has 0 saturated heterocycles. The lowest BCUT2D eigenvalue weighted by Gasteiger charge is -2.06. The van der Waals surface area contributed by atoms with Crippen molar-refractivity contribution in [1.29, 1.82) is 0 Å². The first kappa shape index (κ1) is 23.4. The molecule has 2 N–H and O–H groups in total. The van der Waals surface area contributed by atoms with Gasteiger partial charge >= 0.3 is 0 Å². The number of azo groups is 1. The highest BCUT2D eigenvalue weighted by Gasteiger charge is 2.06. The van der Waals surface area contributed by atoms with E-state index in [2.05, 4.69) is 36.5 Å². The molecule has 0 aliphatic carbocycles. The Kier molecular flexibility index (Phi) is 7.47. The van der Waals surface area contributed by atoms with Gasteiger partial charge in [-0.1, -0.05) is 33.6 Å². The van der Waals surface area contributed by atoms with E-state index in [-0.39, 0.29) is 11.7 Å². The SMILES string of the molecule is O=C(Nc1ccc(N=Cc2cc(N=Nc3ccc(Cl)cc3)ccc2O)cc1)c1cccc(Br)c1. The van der Waals surface area contributed by atoms with Crippen LogP contribution in [0.3, 0.4) is 0 Å². The van der Waals surface area contributed by atoms with E-state index in [1.54, 1.807) is 85.1 Å². The highest BCUT2D eigenvalue weighted by Crippen LogP contribution is 2.26. The van der Waals surface area contributed by atoms with Crippen molar-refractivity contribution < 1.29 is 9.90 Å². The van der Waals surface area contributed by atoms with Crippen LogP contribution in [0, 0.1) is 0 Å². The third-order valence-electron chi connectivity index (χ3n) is 4.68. The third-order valence-corrected chi connectivity index (χ3v) is 5.43. The van der Waals surface area contributed by atoms with E-state index in [1.165, 1.54) is 6.07 Å². The third kappa shape index (κ3) is 6.37. The molecule has 0 aliphatic heterocycles. The van der Waals surface area contributed by atoms with E-state index in [1.807, 2.05) is 6.07 Å². The Morgan fingerprint density at radius 2 is 1.53 bits per heavy atom. The molecule has 0 aromatic heterocycles. The number of aromatic hydroxyl groups is 1. The van der Waals surface area contributed by atoms with Gasteiger partial charge in [-0.25, -0.2) is 0 Å². The molecular weight excluding hydrogens is 516 g/mol. The number of rotatable bonds is 6. The molecule has 6 nitrogen and oxygen atoms in total. The van der Waals surface area contributed by atoms with Crippen LogP contribution in [0.2, 0.25) is 5.02 Å². The summed E-state index contributed by atoms with van der Waals surface area (Å²) in [6.45, 7) is 0. The number of phenols is 1. The van der Waals surface area contributed by atoms with Crippen molar-refractivity contribution in [3.05, 3.63) is 112 Å². The van der Waals surface area contributed by atoms with Crippen LogP contribution in [-0.2, 0) is 0 Å². The quantitative estimate of drug-likeness (QED) is 0.193. The second kappa shape index (κ2) is 10.9. The van der Waals surface area contributed by atoms with E-state index in [4.69, 9.17) is 11.6 Å². The summed E-state index contributed by atoms with van der Waals surface area (Å²) in [5, 5.41) is 22.0. The summed E-state index contributed by atoms with van der Waals surface area (Å²) >= 11 is 9.24. The van der Waals surface area contributed by atoms with Crippen molar-refractivity contribution >= 4 is 62.4 Å². The first-order valence-electron chi connectivity index (χ1n) is 10.2. The van der Waals surface area contributed by atoms with E-state index in [0.29, 0.717) is 38.9 Å². The fourth-order valence-electron chi connectivity index (χ4n) is 2.94. The molecule has 34 heavy (non-hydrogen) atoms. The van der Waals surface area contributed by atoms with E-state index >= 15 is 0 Å². The Morgan fingerprint density at radius 1 is 0.853 bits per heavy atom. The van der Waals surface area contributed by atoms with E-state index < -0.39 is 0 Å². The minimum Gasteiger partial charge on any atom is -0.507 e. The molecular formula is C26H18BrClN4O2. The van der Waals surface area contributed by atoms with Gasteiger partial charge in [0.25, 0.3) is 5.91 Å². The minimum absolute atomic E-state index is 0.0760. The summed E-state index contributed by atoms with van der Waals surface area (Å²) in [7, 11) is 0. The van der Waals surface area contributed by atoms with Gasteiger partial charge < -0.3 is 10.4 Å². The number of benzene rings is 4.